The number of rotatable bonds is 3. The Morgan fingerprint density at radius 1 is 1.50 bits per heavy atom. The molecule has 6 nitrogen and oxygen atoms in total. The zero-order valence-electron chi connectivity index (χ0n) is 11.7. The summed E-state index contributed by atoms with van der Waals surface area (Å²) in [5, 5.41) is 11.2. The Morgan fingerprint density at radius 3 is 2.90 bits per heavy atom. The highest BCUT2D eigenvalue weighted by molar-refractivity contribution is 5.75. The lowest BCUT2D eigenvalue weighted by Gasteiger charge is -2.33. The summed E-state index contributed by atoms with van der Waals surface area (Å²) in [7, 11) is 1.37. The molecule has 1 aromatic carbocycles. The van der Waals surface area contributed by atoms with Gasteiger partial charge < -0.3 is 9.64 Å². The maximum atomic E-state index is 11.7. The largest absolute Gasteiger partial charge is 0.469 e. The number of carbonyl (C=O) groups excluding carboxylic acids is 1. The number of aryl methyl sites for hydroxylation is 1. The standard InChI is InChI=1S/C14H18N2O4/c1-10-5-3-7-12(16(18)19)13(10)15-8-4-6-11(9-15)14(17)20-2/h3,5,7,11H,4,6,8-9H2,1-2H3/t11-/m1/s1. The SMILES string of the molecule is COC(=O)[C@@H]1CCCN(c2c(C)cccc2[N+](=O)[O-])C1. The first kappa shape index (κ1) is 14.3. The molecular weight excluding hydrogens is 260 g/mol. The topological polar surface area (TPSA) is 72.7 Å². The monoisotopic (exact) mass is 278 g/mol. The van der Waals surface area contributed by atoms with Gasteiger partial charge in [-0.05, 0) is 25.3 Å². The van der Waals surface area contributed by atoms with Crippen LogP contribution in [0.3, 0.4) is 0 Å². The minimum atomic E-state index is -0.371. The van der Waals surface area contributed by atoms with Crippen molar-refractivity contribution in [1.82, 2.24) is 0 Å². The Morgan fingerprint density at radius 2 is 2.25 bits per heavy atom. The van der Waals surface area contributed by atoms with Gasteiger partial charge in [0.2, 0.25) is 0 Å². The van der Waals surface area contributed by atoms with E-state index in [4.69, 9.17) is 4.74 Å². The van der Waals surface area contributed by atoms with Crippen LogP contribution in [-0.4, -0.2) is 31.1 Å². The first-order valence-corrected chi connectivity index (χ1v) is 6.61. The van der Waals surface area contributed by atoms with Crippen LogP contribution in [0.4, 0.5) is 11.4 Å². The van der Waals surface area contributed by atoms with Crippen LogP contribution < -0.4 is 4.90 Å². The van der Waals surface area contributed by atoms with Crippen molar-refractivity contribution < 1.29 is 14.5 Å². The van der Waals surface area contributed by atoms with Gasteiger partial charge in [-0.25, -0.2) is 0 Å². The van der Waals surface area contributed by atoms with Crippen LogP contribution in [0, 0.1) is 23.0 Å². The number of para-hydroxylation sites is 1. The van der Waals surface area contributed by atoms with Gasteiger partial charge in [-0.3, -0.25) is 14.9 Å². The molecule has 2 rings (SSSR count). The maximum absolute atomic E-state index is 11.7. The lowest BCUT2D eigenvalue weighted by molar-refractivity contribution is -0.384. The zero-order chi connectivity index (χ0) is 14.7. The third-order valence-corrected chi connectivity index (χ3v) is 3.69. The molecular formula is C14H18N2O4. The normalized spacial score (nSPS) is 18.7. The molecule has 0 saturated carbocycles. The van der Waals surface area contributed by atoms with Gasteiger partial charge in [0.15, 0.2) is 0 Å². The third kappa shape index (κ3) is 2.74. The number of nitro groups is 1. The summed E-state index contributed by atoms with van der Waals surface area (Å²) in [6.45, 7) is 3.04. The van der Waals surface area contributed by atoms with Crippen molar-refractivity contribution in [3.63, 3.8) is 0 Å². The second-order valence-corrected chi connectivity index (χ2v) is 5.01. The summed E-state index contributed by atoms with van der Waals surface area (Å²) < 4.78 is 4.78. The summed E-state index contributed by atoms with van der Waals surface area (Å²) >= 11 is 0. The van der Waals surface area contributed by atoms with Gasteiger partial charge >= 0.3 is 5.97 Å². The first-order chi connectivity index (χ1) is 9.54. The molecule has 0 amide bonds. The number of nitrogens with zero attached hydrogens (tertiary/aromatic N) is 2. The zero-order valence-corrected chi connectivity index (χ0v) is 11.7. The van der Waals surface area contributed by atoms with Crippen LogP contribution in [0.1, 0.15) is 18.4 Å². The van der Waals surface area contributed by atoms with Crippen LogP contribution >= 0.6 is 0 Å². The van der Waals surface area contributed by atoms with E-state index in [1.54, 1.807) is 6.07 Å². The van der Waals surface area contributed by atoms with Crippen LogP contribution in [0.25, 0.3) is 0 Å². The van der Waals surface area contributed by atoms with E-state index in [0.717, 1.165) is 24.9 Å². The quantitative estimate of drug-likeness (QED) is 0.482. The fourth-order valence-corrected chi connectivity index (χ4v) is 2.74. The Bertz CT molecular complexity index is 530. The van der Waals surface area contributed by atoms with Gasteiger partial charge in [0, 0.05) is 19.2 Å². The molecule has 0 aromatic heterocycles. The number of hydrogen-bond donors (Lipinski definition) is 0. The highest BCUT2D eigenvalue weighted by Gasteiger charge is 2.30. The second kappa shape index (κ2) is 5.90. The molecule has 1 aliphatic rings. The molecule has 0 radical (unpaired) electrons. The van der Waals surface area contributed by atoms with Gasteiger partial charge in [-0.2, -0.15) is 0 Å². The summed E-state index contributed by atoms with van der Waals surface area (Å²) in [6, 6.07) is 5.03. The van der Waals surface area contributed by atoms with Gasteiger partial charge in [0.1, 0.15) is 5.69 Å². The molecule has 1 heterocycles. The van der Waals surface area contributed by atoms with E-state index in [-0.39, 0.29) is 22.5 Å². The van der Waals surface area contributed by atoms with E-state index in [9.17, 15) is 14.9 Å². The summed E-state index contributed by atoms with van der Waals surface area (Å²) in [5.74, 6) is -0.459. The van der Waals surface area contributed by atoms with E-state index < -0.39 is 0 Å². The minimum absolute atomic E-state index is 0.0931. The molecule has 0 spiro atoms. The van der Waals surface area contributed by atoms with Crippen LogP contribution in [0.2, 0.25) is 0 Å². The van der Waals surface area contributed by atoms with Gasteiger partial charge in [0.25, 0.3) is 5.69 Å². The Hall–Kier alpha value is -2.11. The van der Waals surface area contributed by atoms with Crippen molar-refractivity contribution in [1.29, 1.82) is 0 Å². The number of methoxy groups -OCH3 is 1. The van der Waals surface area contributed by atoms with E-state index in [0.29, 0.717) is 12.2 Å². The highest BCUT2D eigenvalue weighted by atomic mass is 16.6. The highest BCUT2D eigenvalue weighted by Crippen LogP contribution is 2.34. The molecule has 20 heavy (non-hydrogen) atoms. The average Bonchev–Trinajstić information content (AvgIpc) is 2.46. The van der Waals surface area contributed by atoms with E-state index in [1.807, 2.05) is 17.9 Å². The fraction of sp³-hybridized carbons (Fsp3) is 0.500. The predicted molar refractivity (Wildman–Crippen MR) is 74.8 cm³/mol. The van der Waals surface area contributed by atoms with Gasteiger partial charge in [0.05, 0.1) is 18.0 Å². The number of ether oxygens (including phenoxy) is 1. The lowest BCUT2D eigenvalue weighted by Crippen LogP contribution is -2.39. The Balaban J connectivity index is 2.31. The van der Waals surface area contributed by atoms with Crippen LogP contribution in [0.5, 0.6) is 0 Å². The van der Waals surface area contributed by atoms with Crippen molar-refractivity contribution in [3.8, 4) is 0 Å². The van der Waals surface area contributed by atoms with Crippen LogP contribution in [-0.2, 0) is 9.53 Å². The number of piperidine rings is 1. The smallest absolute Gasteiger partial charge is 0.310 e. The van der Waals surface area contributed by atoms with E-state index in [1.165, 1.54) is 13.2 Å². The summed E-state index contributed by atoms with van der Waals surface area (Å²) in [4.78, 5) is 24.4. The van der Waals surface area contributed by atoms with Crippen molar-refractivity contribution in [2.45, 2.75) is 19.8 Å². The number of benzene rings is 1. The number of esters is 1. The Labute approximate surface area is 117 Å². The molecule has 0 unspecified atom stereocenters. The van der Waals surface area contributed by atoms with Gasteiger partial charge in [-0.1, -0.05) is 12.1 Å². The van der Waals surface area contributed by atoms with Gasteiger partial charge in [-0.15, -0.1) is 0 Å². The summed E-state index contributed by atoms with van der Waals surface area (Å²) in [6.07, 6.45) is 1.59. The number of nitro benzene ring substituents is 1. The van der Waals surface area contributed by atoms with Crippen molar-refractivity contribution in [2.24, 2.45) is 5.92 Å². The second-order valence-electron chi connectivity index (χ2n) is 5.01. The van der Waals surface area contributed by atoms with Crippen molar-refractivity contribution >= 4 is 17.3 Å². The molecule has 6 heteroatoms. The number of carbonyl (C=O) groups is 1. The fourth-order valence-electron chi connectivity index (χ4n) is 2.74. The van der Waals surface area contributed by atoms with Crippen molar-refractivity contribution in [2.75, 3.05) is 25.1 Å². The first-order valence-electron chi connectivity index (χ1n) is 6.61. The van der Waals surface area contributed by atoms with Crippen molar-refractivity contribution in [3.05, 3.63) is 33.9 Å². The molecule has 1 aliphatic heterocycles. The third-order valence-electron chi connectivity index (χ3n) is 3.69. The average molecular weight is 278 g/mol. The maximum Gasteiger partial charge on any atom is 0.310 e. The minimum Gasteiger partial charge on any atom is -0.469 e. The number of hydrogen-bond acceptors (Lipinski definition) is 5. The Kier molecular flexibility index (Phi) is 4.22. The van der Waals surface area contributed by atoms with Crippen LogP contribution in [0.15, 0.2) is 18.2 Å². The predicted octanol–water partition coefficient (Wildman–Crippen LogP) is 2.29. The molecule has 1 atom stereocenters. The molecule has 0 bridgehead atoms. The summed E-state index contributed by atoms with van der Waals surface area (Å²) in [5.41, 5.74) is 1.56. The molecule has 108 valence electrons. The molecule has 0 N–H and O–H groups in total. The molecule has 1 aromatic rings. The molecule has 1 fully saturated rings. The molecule has 0 aliphatic carbocycles. The lowest BCUT2D eigenvalue weighted by atomic mass is 9.96. The van der Waals surface area contributed by atoms with E-state index in [2.05, 4.69) is 0 Å². The number of anilines is 1. The van der Waals surface area contributed by atoms with E-state index >= 15 is 0 Å². The molecule has 1 saturated heterocycles.